The van der Waals surface area contributed by atoms with Crippen molar-refractivity contribution in [1.82, 2.24) is 5.32 Å². The fourth-order valence-corrected chi connectivity index (χ4v) is 2.87. The standard InChI is InChI=1S/C23H21N3O3/c24-20(27)15-16-11-13-19(14-12-16)25-23(29)21(17-7-3-1-4-8-17)26-22(28)18-9-5-2-6-10-18/h1-14,21H,15H2,(H2,24,27)(H,25,29)(H,26,28). The van der Waals surface area contributed by atoms with Gasteiger partial charge in [-0.15, -0.1) is 0 Å². The van der Waals surface area contributed by atoms with E-state index >= 15 is 0 Å². The number of nitrogens with two attached hydrogens (primary N) is 1. The van der Waals surface area contributed by atoms with E-state index in [9.17, 15) is 14.4 Å². The predicted molar refractivity (Wildman–Crippen MR) is 111 cm³/mol. The van der Waals surface area contributed by atoms with Crippen LogP contribution in [-0.4, -0.2) is 17.7 Å². The molecule has 0 aliphatic heterocycles. The SMILES string of the molecule is NC(=O)Cc1ccc(NC(=O)C(NC(=O)c2ccccc2)c2ccccc2)cc1. The summed E-state index contributed by atoms with van der Waals surface area (Å²) in [5.74, 6) is -1.14. The summed E-state index contributed by atoms with van der Waals surface area (Å²) in [4.78, 5) is 36.5. The highest BCUT2D eigenvalue weighted by Crippen LogP contribution is 2.18. The van der Waals surface area contributed by atoms with Gasteiger partial charge in [-0.2, -0.15) is 0 Å². The second-order valence-corrected chi connectivity index (χ2v) is 6.51. The predicted octanol–water partition coefficient (Wildman–Crippen LogP) is 2.82. The van der Waals surface area contributed by atoms with Crippen LogP contribution in [0.5, 0.6) is 0 Å². The zero-order valence-electron chi connectivity index (χ0n) is 15.7. The molecule has 3 aromatic carbocycles. The van der Waals surface area contributed by atoms with Crippen molar-refractivity contribution in [3.05, 3.63) is 102 Å². The maximum absolute atomic E-state index is 12.9. The van der Waals surface area contributed by atoms with Crippen LogP contribution in [0.2, 0.25) is 0 Å². The van der Waals surface area contributed by atoms with E-state index in [2.05, 4.69) is 10.6 Å². The van der Waals surface area contributed by atoms with Gasteiger partial charge in [-0.1, -0.05) is 60.7 Å². The first-order chi connectivity index (χ1) is 14.0. The van der Waals surface area contributed by atoms with Gasteiger partial charge in [-0.25, -0.2) is 0 Å². The first-order valence-corrected chi connectivity index (χ1v) is 9.12. The molecule has 3 rings (SSSR count). The van der Waals surface area contributed by atoms with Crippen LogP contribution in [0.4, 0.5) is 5.69 Å². The highest BCUT2D eigenvalue weighted by atomic mass is 16.2. The molecule has 0 radical (unpaired) electrons. The molecular formula is C23H21N3O3. The zero-order valence-corrected chi connectivity index (χ0v) is 15.7. The van der Waals surface area contributed by atoms with Gasteiger partial charge in [0.15, 0.2) is 0 Å². The molecule has 1 atom stereocenters. The molecule has 4 N–H and O–H groups in total. The van der Waals surface area contributed by atoms with Gasteiger partial charge in [0.25, 0.3) is 11.8 Å². The quantitative estimate of drug-likeness (QED) is 0.581. The van der Waals surface area contributed by atoms with Crippen molar-refractivity contribution in [2.75, 3.05) is 5.32 Å². The number of benzene rings is 3. The lowest BCUT2D eigenvalue weighted by molar-refractivity contribution is -0.118. The molecule has 1 unspecified atom stereocenters. The Labute approximate surface area is 168 Å². The summed E-state index contributed by atoms with van der Waals surface area (Å²) in [6.07, 6.45) is 0.133. The molecule has 0 fully saturated rings. The van der Waals surface area contributed by atoms with Crippen LogP contribution >= 0.6 is 0 Å². The summed E-state index contributed by atoms with van der Waals surface area (Å²) in [6, 6.07) is 23.7. The van der Waals surface area contributed by atoms with E-state index in [-0.39, 0.29) is 18.2 Å². The van der Waals surface area contributed by atoms with Gasteiger partial charge in [-0.05, 0) is 35.4 Å². The van der Waals surface area contributed by atoms with Gasteiger partial charge in [0, 0.05) is 11.3 Å². The van der Waals surface area contributed by atoms with E-state index in [0.29, 0.717) is 16.8 Å². The first-order valence-electron chi connectivity index (χ1n) is 9.12. The maximum Gasteiger partial charge on any atom is 0.252 e. The molecule has 0 heterocycles. The largest absolute Gasteiger partial charge is 0.369 e. The highest BCUT2D eigenvalue weighted by molar-refractivity contribution is 6.01. The van der Waals surface area contributed by atoms with E-state index in [4.69, 9.17) is 5.73 Å². The third kappa shape index (κ3) is 5.52. The van der Waals surface area contributed by atoms with Crippen molar-refractivity contribution in [3.8, 4) is 0 Å². The molecule has 3 amide bonds. The Balaban J connectivity index is 1.77. The fraction of sp³-hybridized carbons (Fsp3) is 0.0870. The maximum atomic E-state index is 12.9. The number of hydrogen-bond donors (Lipinski definition) is 3. The molecule has 0 saturated carbocycles. The summed E-state index contributed by atoms with van der Waals surface area (Å²) in [5, 5.41) is 5.60. The molecule has 0 aliphatic carbocycles. The van der Waals surface area contributed by atoms with E-state index in [1.165, 1.54) is 0 Å². The Morgan fingerprint density at radius 2 is 1.38 bits per heavy atom. The van der Waals surface area contributed by atoms with E-state index < -0.39 is 11.9 Å². The lowest BCUT2D eigenvalue weighted by Gasteiger charge is -2.19. The Morgan fingerprint density at radius 1 is 0.793 bits per heavy atom. The molecule has 0 aromatic heterocycles. The third-order valence-corrected chi connectivity index (χ3v) is 4.31. The zero-order chi connectivity index (χ0) is 20.6. The molecule has 29 heavy (non-hydrogen) atoms. The lowest BCUT2D eigenvalue weighted by Crippen LogP contribution is -2.37. The molecule has 6 heteroatoms. The number of anilines is 1. The lowest BCUT2D eigenvalue weighted by atomic mass is 10.0. The Bertz CT molecular complexity index is 987. The average molecular weight is 387 g/mol. The molecule has 146 valence electrons. The topological polar surface area (TPSA) is 101 Å². The van der Waals surface area contributed by atoms with Crippen molar-refractivity contribution in [3.63, 3.8) is 0 Å². The molecule has 3 aromatic rings. The van der Waals surface area contributed by atoms with E-state index in [0.717, 1.165) is 5.56 Å². The number of rotatable bonds is 7. The van der Waals surface area contributed by atoms with E-state index in [1.54, 1.807) is 60.7 Å². The molecular weight excluding hydrogens is 366 g/mol. The van der Waals surface area contributed by atoms with Crippen LogP contribution in [0, 0.1) is 0 Å². The smallest absolute Gasteiger partial charge is 0.252 e. The van der Waals surface area contributed by atoms with Crippen LogP contribution in [0.15, 0.2) is 84.9 Å². The van der Waals surface area contributed by atoms with Gasteiger partial charge in [0.05, 0.1) is 6.42 Å². The fourth-order valence-electron chi connectivity index (χ4n) is 2.87. The summed E-state index contributed by atoms with van der Waals surface area (Å²) in [5.41, 5.74) is 7.64. The highest BCUT2D eigenvalue weighted by Gasteiger charge is 2.23. The molecule has 6 nitrogen and oxygen atoms in total. The normalized spacial score (nSPS) is 11.3. The van der Waals surface area contributed by atoms with Crippen LogP contribution in [-0.2, 0) is 16.0 Å². The second kappa shape index (κ2) is 9.32. The Hall–Kier alpha value is -3.93. The number of carbonyl (C=O) groups excluding carboxylic acids is 3. The van der Waals surface area contributed by atoms with Crippen LogP contribution < -0.4 is 16.4 Å². The monoisotopic (exact) mass is 387 g/mol. The minimum Gasteiger partial charge on any atom is -0.369 e. The summed E-state index contributed by atoms with van der Waals surface area (Å²) in [7, 11) is 0. The molecule has 0 saturated heterocycles. The van der Waals surface area contributed by atoms with E-state index in [1.807, 2.05) is 24.3 Å². The summed E-state index contributed by atoms with van der Waals surface area (Å²) < 4.78 is 0. The Kier molecular flexibility index (Phi) is 6.37. The van der Waals surface area contributed by atoms with Gasteiger partial charge in [-0.3, -0.25) is 14.4 Å². The third-order valence-electron chi connectivity index (χ3n) is 4.31. The number of amides is 3. The van der Waals surface area contributed by atoms with Gasteiger partial charge >= 0.3 is 0 Å². The van der Waals surface area contributed by atoms with Crippen LogP contribution in [0.1, 0.15) is 27.5 Å². The summed E-state index contributed by atoms with van der Waals surface area (Å²) in [6.45, 7) is 0. The number of hydrogen-bond acceptors (Lipinski definition) is 3. The number of carbonyl (C=O) groups is 3. The van der Waals surface area contributed by atoms with Crippen molar-refractivity contribution < 1.29 is 14.4 Å². The van der Waals surface area contributed by atoms with Crippen molar-refractivity contribution >= 4 is 23.4 Å². The molecule has 0 bridgehead atoms. The molecule has 0 aliphatic rings. The molecule has 0 spiro atoms. The van der Waals surface area contributed by atoms with Gasteiger partial charge in [0.2, 0.25) is 5.91 Å². The summed E-state index contributed by atoms with van der Waals surface area (Å²) >= 11 is 0. The second-order valence-electron chi connectivity index (χ2n) is 6.51. The van der Waals surface area contributed by atoms with Crippen LogP contribution in [0.3, 0.4) is 0 Å². The van der Waals surface area contributed by atoms with Crippen molar-refractivity contribution in [2.45, 2.75) is 12.5 Å². The van der Waals surface area contributed by atoms with Gasteiger partial charge < -0.3 is 16.4 Å². The Morgan fingerprint density at radius 3 is 1.97 bits per heavy atom. The first kappa shape index (κ1) is 19.8. The minimum absolute atomic E-state index is 0.133. The number of nitrogens with one attached hydrogen (secondary N) is 2. The minimum atomic E-state index is -0.866. The van der Waals surface area contributed by atoms with Gasteiger partial charge in [0.1, 0.15) is 6.04 Å². The van der Waals surface area contributed by atoms with Crippen LogP contribution in [0.25, 0.3) is 0 Å². The van der Waals surface area contributed by atoms with Crippen molar-refractivity contribution in [2.24, 2.45) is 5.73 Å². The average Bonchev–Trinajstić information content (AvgIpc) is 2.74. The number of primary amides is 1. The van der Waals surface area contributed by atoms with Crippen molar-refractivity contribution in [1.29, 1.82) is 0 Å².